The number of primary amides is 1. The minimum Gasteiger partial charge on any atom is -0.369 e. The zero-order chi connectivity index (χ0) is 8.10. The van der Waals surface area contributed by atoms with Crippen LogP contribution in [0, 0.1) is 0 Å². The highest BCUT2D eigenvalue weighted by molar-refractivity contribution is 8.03. The van der Waals surface area contributed by atoms with E-state index in [0.717, 1.165) is 12.8 Å². The molecular weight excluding hydrogens is 158 g/mol. The van der Waals surface area contributed by atoms with Gasteiger partial charge in [0.05, 0.1) is 5.25 Å². The first-order valence-electron chi connectivity index (χ1n) is 3.57. The molecule has 0 spiro atoms. The van der Waals surface area contributed by atoms with Crippen LogP contribution in [0.4, 0.5) is 0 Å². The molecule has 0 bridgehead atoms. The summed E-state index contributed by atoms with van der Waals surface area (Å²) < 4.78 is 0. The minimum absolute atomic E-state index is 0.0452. The van der Waals surface area contributed by atoms with Crippen LogP contribution in [0.5, 0.6) is 0 Å². The Morgan fingerprint density at radius 3 is 3.09 bits per heavy atom. The third-order valence-corrected chi connectivity index (χ3v) is 2.59. The third kappa shape index (κ3) is 2.80. The molecule has 60 valence electrons. The fourth-order valence-corrected chi connectivity index (χ4v) is 1.66. The summed E-state index contributed by atoms with van der Waals surface area (Å²) in [5.74, 6) is -0.213. The largest absolute Gasteiger partial charge is 0.369 e. The molecule has 0 aromatic carbocycles. The average Bonchev–Trinajstić information content (AvgIpc) is 1.84. The number of nitrogens with two attached hydrogens (primary N) is 1. The van der Waals surface area contributed by atoms with Gasteiger partial charge >= 0.3 is 0 Å². The van der Waals surface area contributed by atoms with Crippen molar-refractivity contribution < 1.29 is 4.79 Å². The predicted molar refractivity (Wildman–Crippen MR) is 48.1 cm³/mol. The molecule has 2 N–H and O–H groups in total. The van der Waals surface area contributed by atoms with Gasteiger partial charge in [0, 0.05) is 0 Å². The maximum absolute atomic E-state index is 10.8. The van der Waals surface area contributed by atoms with Gasteiger partial charge in [-0.1, -0.05) is 18.2 Å². The lowest BCUT2D eigenvalue weighted by molar-refractivity contribution is -0.117. The lowest BCUT2D eigenvalue weighted by Crippen LogP contribution is -2.25. The monoisotopic (exact) mass is 169 g/mol. The molecule has 1 atom stereocenters. The van der Waals surface area contributed by atoms with Gasteiger partial charge < -0.3 is 5.73 Å². The smallest absolute Gasteiger partial charge is 0.230 e. The van der Waals surface area contributed by atoms with Crippen LogP contribution in [-0.2, 0) is 4.79 Å². The van der Waals surface area contributed by atoms with Crippen molar-refractivity contribution in [1.29, 1.82) is 0 Å². The summed E-state index contributed by atoms with van der Waals surface area (Å²) in [6.45, 7) is 0. The summed E-state index contributed by atoms with van der Waals surface area (Å²) >= 11 is 1.50. The number of carbonyl (C=O) groups is 1. The van der Waals surface area contributed by atoms with E-state index < -0.39 is 0 Å². The van der Waals surface area contributed by atoms with Crippen LogP contribution in [0.1, 0.15) is 12.8 Å². The predicted octanol–water partition coefficient (Wildman–Crippen LogP) is 1.44. The van der Waals surface area contributed by atoms with Gasteiger partial charge in [0.2, 0.25) is 5.91 Å². The molecule has 0 aromatic heterocycles. The van der Waals surface area contributed by atoms with E-state index in [-0.39, 0.29) is 11.2 Å². The van der Waals surface area contributed by atoms with Gasteiger partial charge in [-0.25, -0.2) is 0 Å². The Morgan fingerprint density at radius 2 is 2.36 bits per heavy atom. The maximum atomic E-state index is 10.8. The number of amides is 1. The first-order valence-corrected chi connectivity index (χ1v) is 4.51. The second-order valence-electron chi connectivity index (χ2n) is 2.36. The molecule has 1 aliphatic heterocycles. The number of rotatable bonds is 1. The number of carbonyl (C=O) groups excluding carboxylic acids is 1. The molecule has 1 rings (SSSR count). The van der Waals surface area contributed by atoms with Crippen LogP contribution in [0.25, 0.3) is 0 Å². The number of hydrogen-bond acceptors (Lipinski definition) is 2. The normalized spacial score (nSPS) is 30.0. The van der Waals surface area contributed by atoms with Crippen molar-refractivity contribution >= 4 is 17.7 Å². The lowest BCUT2D eigenvalue weighted by atomic mass is 10.2. The van der Waals surface area contributed by atoms with E-state index in [4.69, 9.17) is 5.73 Å². The fourth-order valence-electron chi connectivity index (χ4n) is 0.885. The summed E-state index contributed by atoms with van der Waals surface area (Å²) in [4.78, 5) is 10.8. The molecule has 2 nitrogen and oxygen atoms in total. The van der Waals surface area contributed by atoms with Crippen LogP contribution >= 0.6 is 11.8 Å². The Labute approximate surface area is 70.5 Å². The molecule has 11 heavy (non-hydrogen) atoms. The van der Waals surface area contributed by atoms with Crippen molar-refractivity contribution in [2.75, 3.05) is 0 Å². The Balaban J connectivity index is 2.51. The van der Waals surface area contributed by atoms with Gasteiger partial charge in [0.25, 0.3) is 0 Å². The van der Waals surface area contributed by atoms with E-state index in [2.05, 4.69) is 0 Å². The zero-order valence-corrected chi connectivity index (χ0v) is 7.01. The molecule has 1 unspecified atom stereocenters. The van der Waals surface area contributed by atoms with E-state index in [1.54, 1.807) is 0 Å². The molecule has 0 radical (unpaired) electrons. The summed E-state index contributed by atoms with van der Waals surface area (Å²) in [5, 5.41) is 1.86. The van der Waals surface area contributed by atoms with Crippen LogP contribution < -0.4 is 5.73 Å². The molecule has 3 heteroatoms. The van der Waals surface area contributed by atoms with E-state index in [9.17, 15) is 4.79 Å². The average molecular weight is 169 g/mol. The first kappa shape index (κ1) is 8.40. The van der Waals surface area contributed by atoms with E-state index in [1.807, 2.05) is 23.6 Å². The topological polar surface area (TPSA) is 43.1 Å². The zero-order valence-electron chi connectivity index (χ0n) is 6.19. The number of allylic oxidation sites excluding steroid dienone is 3. The highest BCUT2D eigenvalue weighted by atomic mass is 32.2. The summed E-state index contributed by atoms with van der Waals surface area (Å²) in [6, 6.07) is 0. The lowest BCUT2D eigenvalue weighted by Gasteiger charge is -2.09. The summed E-state index contributed by atoms with van der Waals surface area (Å²) in [6.07, 6.45) is 7.75. The second kappa shape index (κ2) is 4.23. The molecule has 0 aliphatic carbocycles. The molecule has 1 heterocycles. The van der Waals surface area contributed by atoms with Crippen molar-refractivity contribution in [3.63, 3.8) is 0 Å². The molecule has 0 aromatic rings. The molecule has 0 saturated heterocycles. The van der Waals surface area contributed by atoms with Crippen molar-refractivity contribution in [3.8, 4) is 0 Å². The van der Waals surface area contributed by atoms with Crippen molar-refractivity contribution in [2.24, 2.45) is 5.73 Å². The van der Waals surface area contributed by atoms with Crippen LogP contribution in [0.2, 0.25) is 0 Å². The van der Waals surface area contributed by atoms with Gasteiger partial charge in [0.1, 0.15) is 0 Å². The van der Waals surface area contributed by atoms with Gasteiger partial charge in [-0.15, -0.1) is 11.8 Å². The maximum Gasteiger partial charge on any atom is 0.230 e. The molecule has 0 fully saturated rings. The Morgan fingerprint density at radius 1 is 1.55 bits per heavy atom. The number of hydrogen-bond donors (Lipinski definition) is 1. The first-order chi connectivity index (χ1) is 5.30. The van der Waals surface area contributed by atoms with Gasteiger partial charge in [-0.3, -0.25) is 4.79 Å². The van der Waals surface area contributed by atoms with Gasteiger partial charge in [-0.05, 0) is 18.2 Å². The fraction of sp³-hybridized carbons (Fsp3) is 0.375. The Kier molecular flexibility index (Phi) is 3.23. The quantitative estimate of drug-likeness (QED) is 0.645. The highest BCUT2D eigenvalue weighted by Gasteiger charge is 2.13. The van der Waals surface area contributed by atoms with Crippen molar-refractivity contribution in [2.45, 2.75) is 18.1 Å². The Hall–Kier alpha value is -0.700. The molecule has 1 aliphatic rings. The van der Waals surface area contributed by atoms with Gasteiger partial charge in [-0.2, -0.15) is 0 Å². The SMILES string of the molecule is NC(=O)C1CC/C=C\C=C/S1. The van der Waals surface area contributed by atoms with Crippen LogP contribution in [0.15, 0.2) is 23.6 Å². The molecule has 0 saturated carbocycles. The standard InChI is InChI=1S/C8H11NOS/c9-8(10)7-5-3-1-2-4-6-11-7/h1-2,4,6-7H,3,5H2,(H2,9,10)/b2-1-,6-4-. The van der Waals surface area contributed by atoms with E-state index >= 15 is 0 Å². The Bertz CT molecular complexity index is 198. The van der Waals surface area contributed by atoms with Gasteiger partial charge in [0.15, 0.2) is 0 Å². The van der Waals surface area contributed by atoms with Crippen molar-refractivity contribution in [1.82, 2.24) is 0 Å². The molecular formula is C8H11NOS. The summed E-state index contributed by atoms with van der Waals surface area (Å²) in [7, 11) is 0. The number of thioether (sulfide) groups is 1. The summed E-state index contributed by atoms with van der Waals surface area (Å²) in [5.41, 5.74) is 5.17. The third-order valence-electron chi connectivity index (χ3n) is 1.48. The highest BCUT2D eigenvalue weighted by Crippen LogP contribution is 2.19. The van der Waals surface area contributed by atoms with Crippen LogP contribution in [-0.4, -0.2) is 11.2 Å². The van der Waals surface area contributed by atoms with Crippen molar-refractivity contribution in [3.05, 3.63) is 23.6 Å². The molecule has 1 amide bonds. The van der Waals surface area contributed by atoms with E-state index in [0.29, 0.717) is 0 Å². The minimum atomic E-state index is -0.213. The second-order valence-corrected chi connectivity index (χ2v) is 3.47. The van der Waals surface area contributed by atoms with E-state index in [1.165, 1.54) is 11.8 Å². The van der Waals surface area contributed by atoms with Crippen LogP contribution in [0.3, 0.4) is 0 Å².